The van der Waals surface area contributed by atoms with E-state index in [4.69, 9.17) is 4.74 Å². The van der Waals surface area contributed by atoms with E-state index in [0.29, 0.717) is 22.7 Å². The zero-order valence-corrected chi connectivity index (χ0v) is 14.1. The molecule has 1 heterocycles. The van der Waals surface area contributed by atoms with Crippen molar-refractivity contribution in [1.82, 2.24) is 4.98 Å². The first kappa shape index (κ1) is 17.1. The minimum atomic E-state index is -0.287. The SMILES string of the molecule is CCCc1nc(NC(=O)COc2ccccc2C=O)sc1CC. The summed E-state index contributed by atoms with van der Waals surface area (Å²) in [6.45, 7) is 4.03. The van der Waals surface area contributed by atoms with E-state index in [9.17, 15) is 9.59 Å². The third-order valence-electron chi connectivity index (χ3n) is 3.24. The molecule has 0 aliphatic heterocycles. The Morgan fingerprint density at radius 3 is 2.83 bits per heavy atom. The maximum absolute atomic E-state index is 12.0. The second kappa shape index (κ2) is 8.43. The maximum atomic E-state index is 12.0. The van der Waals surface area contributed by atoms with Gasteiger partial charge in [0, 0.05) is 4.88 Å². The van der Waals surface area contributed by atoms with Crippen molar-refractivity contribution in [2.75, 3.05) is 11.9 Å². The summed E-state index contributed by atoms with van der Waals surface area (Å²) in [5, 5.41) is 3.36. The number of para-hydroxylation sites is 1. The van der Waals surface area contributed by atoms with Gasteiger partial charge >= 0.3 is 0 Å². The van der Waals surface area contributed by atoms with Gasteiger partial charge in [0.15, 0.2) is 18.0 Å². The Bertz CT molecular complexity index is 682. The molecule has 2 aromatic rings. The van der Waals surface area contributed by atoms with Gasteiger partial charge in [-0.1, -0.05) is 32.4 Å². The summed E-state index contributed by atoms with van der Waals surface area (Å²) in [6.07, 6.45) is 3.55. The predicted octanol–water partition coefficient (Wildman–Crippen LogP) is 3.49. The molecule has 0 atom stereocenters. The predicted molar refractivity (Wildman–Crippen MR) is 91.4 cm³/mol. The van der Waals surface area contributed by atoms with Crippen LogP contribution < -0.4 is 10.1 Å². The van der Waals surface area contributed by atoms with Crippen LogP contribution in [0.15, 0.2) is 24.3 Å². The van der Waals surface area contributed by atoms with Crippen molar-refractivity contribution in [2.24, 2.45) is 0 Å². The number of ether oxygens (including phenoxy) is 1. The molecule has 0 saturated carbocycles. The molecule has 122 valence electrons. The number of anilines is 1. The molecule has 2 rings (SSSR count). The molecule has 1 aromatic heterocycles. The lowest BCUT2D eigenvalue weighted by molar-refractivity contribution is -0.118. The molecular formula is C17H20N2O3S. The third-order valence-corrected chi connectivity index (χ3v) is 4.39. The van der Waals surface area contributed by atoms with Crippen LogP contribution in [-0.4, -0.2) is 23.8 Å². The molecule has 1 N–H and O–H groups in total. The van der Waals surface area contributed by atoms with Crippen molar-refractivity contribution in [3.05, 3.63) is 40.4 Å². The van der Waals surface area contributed by atoms with Crippen molar-refractivity contribution in [3.63, 3.8) is 0 Å². The number of nitrogens with zero attached hydrogens (tertiary/aromatic N) is 1. The second-order valence-corrected chi connectivity index (χ2v) is 6.07. The Morgan fingerprint density at radius 2 is 2.13 bits per heavy atom. The number of aryl methyl sites for hydroxylation is 2. The van der Waals surface area contributed by atoms with E-state index in [1.807, 2.05) is 0 Å². The van der Waals surface area contributed by atoms with Crippen molar-refractivity contribution in [2.45, 2.75) is 33.1 Å². The lowest BCUT2D eigenvalue weighted by atomic mass is 10.2. The quantitative estimate of drug-likeness (QED) is 0.751. The van der Waals surface area contributed by atoms with Crippen LogP contribution >= 0.6 is 11.3 Å². The number of thiazole rings is 1. The Kier molecular flexibility index (Phi) is 6.29. The topological polar surface area (TPSA) is 68.3 Å². The minimum absolute atomic E-state index is 0.158. The number of benzene rings is 1. The Morgan fingerprint density at radius 1 is 1.35 bits per heavy atom. The van der Waals surface area contributed by atoms with Gasteiger partial charge in [0.1, 0.15) is 5.75 Å². The molecule has 6 heteroatoms. The molecule has 0 aliphatic carbocycles. The van der Waals surface area contributed by atoms with Gasteiger partial charge < -0.3 is 4.74 Å². The number of aromatic nitrogens is 1. The first-order valence-electron chi connectivity index (χ1n) is 7.63. The molecule has 0 unspecified atom stereocenters. The van der Waals surface area contributed by atoms with Crippen molar-refractivity contribution in [3.8, 4) is 5.75 Å². The van der Waals surface area contributed by atoms with Gasteiger partial charge in [0.25, 0.3) is 5.91 Å². The van der Waals surface area contributed by atoms with Crippen LogP contribution in [0, 0.1) is 0 Å². The molecule has 5 nitrogen and oxygen atoms in total. The van der Waals surface area contributed by atoms with Crippen LogP contribution in [0.25, 0.3) is 0 Å². The summed E-state index contributed by atoms with van der Waals surface area (Å²) < 4.78 is 5.41. The van der Waals surface area contributed by atoms with Crippen LogP contribution in [0.1, 0.15) is 41.2 Å². The van der Waals surface area contributed by atoms with Gasteiger partial charge in [0.2, 0.25) is 0 Å². The average Bonchev–Trinajstić information content (AvgIpc) is 2.95. The largest absolute Gasteiger partial charge is 0.483 e. The van der Waals surface area contributed by atoms with Gasteiger partial charge in [-0.2, -0.15) is 0 Å². The highest BCUT2D eigenvalue weighted by Crippen LogP contribution is 2.24. The van der Waals surface area contributed by atoms with Crippen LogP contribution in [0.2, 0.25) is 0 Å². The van der Waals surface area contributed by atoms with Gasteiger partial charge in [-0.3, -0.25) is 14.9 Å². The molecule has 0 aliphatic rings. The summed E-state index contributed by atoms with van der Waals surface area (Å²) in [5.41, 5.74) is 1.48. The van der Waals surface area contributed by atoms with E-state index in [-0.39, 0.29) is 12.5 Å². The fourth-order valence-corrected chi connectivity index (χ4v) is 3.12. The number of amides is 1. The lowest BCUT2D eigenvalue weighted by Gasteiger charge is -2.07. The highest BCUT2D eigenvalue weighted by atomic mass is 32.1. The molecule has 0 saturated heterocycles. The summed E-state index contributed by atoms with van der Waals surface area (Å²) in [7, 11) is 0. The first-order valence-corrected chi connectivity index (χ1v) is 8.45. The average molecular weight is 332 g/mol. The van der Waals surface area contributed by atoms with Gasteiger partial charge in [-0.25, -0.2) is 4.98 Å². The van der Waals surface area contributed by atoms with E-state index < -0.39 is 0 Å². The molecule has 0 spiro atoms. The zero-order chi connectivity index (χ0) is 16.7. The summed E-state index contributed by atoms with van der Waals surface area (Å²) in [5.74, 6) is 0.114. The molecule has 0 radical (unpaired) electrons. The number of hydrogen-bond donors (Lipinski definition) is 1. The monoisotopic (exact) mass is 332 g/mol. The standard InChI is InChI=1S/C17H20N2O3S/c1-3-7-13-15(4-2)23-17(18-13)19-16(21)11-22-14-9-6-5-8-12(14)10-20/h5-6,8-10H,3-4,7,11H2,1-2H3,(H,18,19,21). The van der Waals surface area contributed by atoms with Crippen LogP contribution in [0.4, 0.5) is 5.13 Å². The molecule has 1 amide bonds. The first-order chi connectivity index (χ1) is 11.2. The molecular weight excluding hydrogens is 312 g/mol. The number of hydrogen-bond acceptors (Lipinski definition) is 5. The summed E-state index contributed by atoms with van der Waals surface area (Å²) in [4.78, 5) is 28.6. The number of carbonyl (C=O) groups is 2. The fourth-order valence-electron chi connectivity index (χ4n) is 2.15. The van der Waals surface area contributed by atoms with Crippen LogP contribution in [-0.2, 0) is 17.6 Å². The van der Waals surface area contributed by atoms with Gasteiger partial charge in [0.05, 0.1) is 11.3 Å². The minimum Gasteiger partial charge on any atom is -0.483 e. The smallest absolute Gasteiger partial charge is 0.264 e. The van der Waals surface area contributed by atoms with E-state index in [1.165, 1.54) is 16.2 Å². The Balaban J connectivity index is 1.96. The van der Waals surface area contributed by atoms with Crippen LogP contribution in [0.3, 0.4) is 0 Å². The van der Waals surface area contributed by atoms with Crippen molar-refractivity contribution < 1.29 is 14.3 Å². The third kappa shape index (κ3) is 4.63. The van der Waals surface area contributed by atoms with E-state index in [0.717, 1.165) is 25.0 Å². The van der Waals surface area contributed by atoms with Crippen molar-refractivity contribution in [1.29, 1.82) is 0 Å². The molecule has 1 aromatic carbocycles. The normalized spacial score (nSPS) is 10.3. The number of rotatable bonds is 8. The molecule has 23 heavy (non-hydrogen) atoms. The summed E-state index contributed by atoms with van der Waals surface area (Å²) in [6, 6.07) is 6.81. The fraction of sp³-hybridized carbons (Fsp3) is 0.353. The highest BCUT2D eigenvalue weighted by molar-refractivity contribution is 7.15. The number of carbonyl (C=O) groups excluding carboxylic acids is 2. The van der Waals surface area contributed by atoms with Crippen LogP contribution in [0.5, 0.6) is 5.75 Å². The maximum Gasteiger partial charge on any atom is 0.264 e. The zero-order valence-electron chi connectivity index (χ0n) is 13.3. The number of nitrogens with one attached hydrogen (secondary N) is 1. The summed E-state index contributed by atoms with van der Waals surface area (Å²) >= 11 is 1.50. The van der Waals surface area contributed by atoms with E-state index in [2.05, 4.69) is 24.1 Å². The second-order valence-electron chi connectivity index (χ2n) is 4.98. The molecule has 0 fully saturated rings. The van der Waals surface area contributed by atoms with Crippen molar-refractivity contribution >= 4 is 28.7 Å². The Labute approximate surface area is 139 Å². The van der Waals surface area contributed by atoms with Gasteiger partial charge in [-0.15, -0.1) is 11.3 Å². The number of aldehydes is 1. The van der Waals surface area contributed by atoms with E-state index >= 15 is 0 Å². The lowest BCUT2D eigenvalue weighted by Crippen LogP contribution is -2.20. The molecule has 0 bridgehead atoms. The van der Waals surface area contributed by atoms with E-state index in [1.54, 1.807) is 24.3 Å². The Hall–Kier alpha value is -2.21. The van der Waals surface area contributed by atoms with Gasteiger partial charge in [-0.05, 0) is 25.0 Å². The highest BCUT2D eigenvalue weighted by Gasteiger charge is 2.12.